The quantitative estimate of drug-likeness (QED) is 0.779. The van der Waals surface area contributed by atoms with E-state index in [0.29, 0.717) is 6.04 Å². The fourth-order valence-electron chi connectivity index (χ4n) is 2.91. The van der Waals surface area contributed by atoms with Crippen LogP contribution >= 0.6 is 0 Å². The minimum Gasteiger partial charge on any atom is -0.382 e. The predicted molar refractivity (Wildman–Crippen MR) is 96.6 cm³/mol. The van der Waals surface area contributed by atoms with Gasteiger partial charge in [0.15, 0.2) is 0 Å². The van der Waals surface area contributed by atoms with Crippen molar-refractivity contribution in [2.75, 3.05) is 25.0 Å². The zero-order valence-electron chi connectivity index (χ0n) is 14.4. The second-order valence-corrected chi connectivity index (χ2v) is 6.05. The fraction of sp³-hybridized carbons (Fsp3) is 0.526. The zero-order chi connectivity index (χ0) is 15.9. The number of rotatable bonds is 8. The number of pyridine rings is 1. The number of benzene rings is 1. The molecule has 0 aliphatic rings. The summed E-state index contributed by atoms with van der Waals surface area (Å²) in [6.07, 6.45) is 4.39. The van der Waals surface area contributed by atoms with E-state index in [1.165, 1.54) is 36.0 Å². The number of aromatic nitrogens is 1. The summed E-state index contributed by atoms with van der Waals surface area (Å²) >= 11 is 0. The van der Waals surface area contributed by atoms with Gasteiger partial charge in [-0.25, -0.2) is 0 Å². The van der Waals surface area contributed by atoms with E-state index in [0.717, 1.165) is 18.6 Å². The maximum absolute atomic E-state index is 4.51. The van der Waals surface area contributed by atoms with Gasteiger partial charge in [0.1, 0.15) is 0 Å². The van der Waals surface area contributed by atoms with Gasteiger partial charge in [0, 0.05) is 23.3 Å². The van der Waals surface area contributed by atoms with Crippen LogP contribution in [0.3, 0.4) is 0 Å². The normalized spacial score (nSPS) is 12.8. The molecule has 0 saturated heterocycles. The molecule has 1 atom stereocenters. The molecule has 2 rings (SSSR count). The molecule has 1 unspecified atom stereocenters. The highest BCUT2D eigenvalue weighted by molar-refractivity contribution is 5.92. The number of para-hydroxylation sites is 1. The van der Waals surface area contributed by atoms with Crippen LogP contribution in [0.5, 0.6) is 0 Å². The van der Waals surface area contributed by atoms with Crippen LogP contribution in [0.15, 0.2) is 30.5 Å². The highest BCUT2D eigenvalue weighted by Crippen LogP contribution is 2.26. The van der Waals surface area contributed by atoms with Gasteiger partial charge >= 0.3 is 0 Å². The summed E-state index contributed by atoms with van der Waals surface area (Å²) in [7, 11) is 0. The third-order valence-electron chi connectivity index (χ3n) is 4.36. The summed E-state index contributed by atoms with van der Waals surface area (Å²) in [6.45, 7) is 12.4. The second-order valence-electron chi connectivity index (χ2n) is 6.05. The standard InChI is InChI=1S/C19H29N3/c1-5-22(6-2)13-9-10-16(4)21-19-15(3)14-20-18-12-8-7-11-17(18)19/h7-8,11-12,14,16H,5-6,9-10,13H2,1-4H3,(H,20,21). The Morgan fingerprint density at radius 2 is 1.91 bits per heavy atom. The van der Waals surface area contributed by atoms with Crippen LogP contribution in [0.1, 0.15) is 39.2 Å². The smallest absolute Gasteiger partial charge is 0.0722 e. The first-order chi connectivity index (χ1) is 10.7. The van der Waals surface area contributed by atoms with E-state index < -0.39 is 0 Å². The first kappa shape index (κ1) is 16.8. The van der Waals surface area contributed by atoms with Gasteiger partial charge in [-0.3, -0.25) is 4.98 Å². The first-order valence-electron chi connectivity index (χ1n) is 8.49. The van der Waals surface area contributed by atoms with Gasteiger partial charge < -0.3 is 10.2 Å². The van der Waals surface area contributed by atoms with Crippen molar-refractivity contribution < 1.29 is 0 Å². The van der Waals surface area contributed by atoms with Crippen molar-refractivity contribution in [3.05, 3.63) is 36.0 Å². The molecule has 0 saturated carbocycles. The molecular weight excluding hydrogens is 270 g/mol. The van der Waals surface area contributed by atoms with Gasteiger partial charge in [-0.1, -0.05) is 32.0 Å². The molecule has 0 spiro atoms. The van der Waals surface area contributed by atoms with Crippen LogP contribution in [0.25, 0.3) is 10.9 Å². The SMILES string of the molecule is CCN(CC)CCCC(C)Nc1c(C)cnc2ccccc12. The summed E-state index contributed by atoms with van der Waals surface area (Å²) in [5.74, 6) is 0. The van der Waals surface area contributed by atoms with E-state index in [-0.39, 0.29) is 0 Å². The van der Waals surface area contributed by atoms with Gasteiger partial charge in [0.2, 0.25) is 0 Å². The Morgan fingerprint density at radius 1 is 1.18 bits per heavy atom. The van der Waals surface area contributed by atoms with Crippen molar-refractivity contribution in [2.24, 2.45) is 0 Å². The van der Waals surface area contributed by atoms with Crippen molar-refractivity contribution in [1.29, 1.82) is 0 Å². The molecule has 3 nitrogen and oxygen atoms in total. The van der Waals surface area contributed by atoms with E-state index in [1.54, 1.807) is 0 Å². The molecule has 0 bridgehead atoms. The number of hydrogen-bond acceptors (Lipinski definition) is 3. The molecular formula is C19H29N3. The largest absolute Gasteiger partial charge is 0.382 e. The van der Waals surface area contributed by atoms with E-state index in [9.17, 15) is 0 Å². The van der Waals surface area contributed by atoms with Crippen LogP contribution in [-0.2, 0) is 0 Å². The first-order valence-corrected chi connectivity index (χ1v) is 8.49. The van der Waals surface area contributed by atoms with E-state index in [2.05, 4.69) is 61.1 Å². The number of hydrogen-bond donors (Lipinski definition) is 1. The third-order valence-corrected chi connectivity index (χ3v) is 4.36. The lowest BCUT2D eigenvalue weighted by atomic mass is 10.1. The van der Waals surface area contributed by atoms with Gasteiger partial charge in [-0.05, 0) is 58.0 Å². The Labute approximate surface area is 134 Å². The van der Waals surface area contributed by atoms with Gasteiger partial charge in [-0.2, -0.15) is 0 Å². The Morgan fingerprint density at radius 3 is 2.64 bits per heavy atom. The average molecular weight is 299 g/mol. The lowest BCUT2D eigenvalue weighted by Crippen LogP contribution is -2.25. The lowest BCUT2D eigenvalue weighted by molar-refractivity contribution is 0.295. The van der Waals surface area contributed by atoms with Crippen LogP contribution in [0.2, 0.25) is 0 Å². The molecule has 3 heteroatoms. The van der Waals surface area contributed by atoms with Crippen molar-refractivity contribution in [3.8, 4) is 0 Å². The third kappa shape index (κ3) is 4.20. The minimum atomic E-state index is 0.472. The number of aryl methyl sites for hydroxylation is 1. The Kier molecular flexibility index (Phi) is 6.20. The summed E-state index contributed by atoms with van der Waals surface area (Å²) in [5, 5.41) is 4.92. The van der Waals surface area contributed by atoms with Crippen LogP contribution in [0.4, 0.5) is 5.69 Å². The number of fused-ring (bicyclic) bond motifs is 1. The molecule has 1 aromatic heterocycles. The maximum atomic E-state index is 4.51. The molecule has 1 heterocycles. The molecule has 1 N–H and O–H groups in total. The predicted octanol–water partition coefficient (Wildman–Crippen LogP) is 4.47. The van der Waals surface area contributed by atoms with Crippen molar-refractivity contribution in [3.63, 3.8) is 0 Å². The number of nitrogens with one attached hydrogen (secondary N) is 1. The van der Waals surface area contributed by atoms with Crippen molar-refractivity contribution in [1.82, 2.24) is 9.88 Å². The molecule has 0 fully saturated rings. The molecule has 1 aromatic carbocycles. The Balaban J connectivity index is 2.00. The summed E-state index contributed by atoms with van der Waals surface area (Å²) in [4.78, 5) is 7.00. The molecule has 120 valence electrons. The molecule has 0 aliphatic heterocycles. The highest BCUT2D eigenvalue weighted by atomic mass is 15.1. The Bertz CT molecular complexity index is 590. The summed E-state index contributed by atoms with van der Waals surface area (Å²) in [5.41, 5.74) is 3.51. The number of anilines is 1. The molecule has 0 radical (unpaired) electrons. The van der Waals surface area contributed by atoms with Crippen LogP contribution in [-0.4, -0.2) is 35.6 Å². The van der Waals surface area contributed by atoms with Crippen molar-refractivity contribution in [2.45, 2.75) is 46.6 Å². The summed E-state index contributed by atoms with van der Waals surface area (Å²) in [6, 6.07) is 8.83. The van der Waals surface area contributed by atoms with Gasteiger partial charge in [0.25, 0.3) is 0 Å². The van der Waals surface area contributed by atoms with Crippen molar-refractivity contribution >= 4 is 16.6 Å². The summed E-state index contributed by atoms with van der Waals surface area (Å²) < 4.78 is 0. The van der Waals surface area contributed by atoms with E-state index in [4.69, 9.17) is 0 Å². The van der Waals surface area contributed by atoms with Crippen LogP contribution < -0.4 is 5.32 Å². The average Bonchev–Trinajstić information content (AvgIpc) is 2.54. The highest BCUT2D eigenvalue weighted by Gasteiger charge is 2.09. The number of nitrogens with zero attached hydrogens (tertiary/aromatic N) is 2. The maximum Gasteiger partial charge on any atom is 0.0722 e. The minimum absolute atomic E-state index is 0.472. The monoisotopic (exact) mass is 299 g/mol. The van der Waals surface area contributed by atoms with Gasteiger partial charge in [-0.15, -0.1) is 0 Å². The van der Waals surface area contributed by atoms with E-state index >= 15 is 0 Å². The molecule has 22 heavy (non-hydrogen) atoms. The fourth-order valence-corrected chi connectivity index (χ4v) is 2.91. The topological polar surface area (TPSA) is 28.2 Å². The van der Waals surface area contributed by atoms with E-state index in [1.807, 2.05) is 12.3 Å². The molecule has 0 amide bonds. The molecule has 0 aliphatic carbocycles. The lowest BCUT2D eigenvalue weighted by Gasteiger charge is -2.21. The van der Waals surface area contributed by atoms with Gasteiger partial charge in [0.05, 0.1) is 5.52 Å². The van der Waals surface area contributed by atoms with Crippen LogP contribution in [0, 0.1) is 6.92 Å². The second kappa shape index (κ2) is 8.14. The molecule has 2 aromatic rings. The Hall–Kier alpha value is -1.61. The zero-order valence-corrected chi connectivity index (χ0v) is 14.4.